The molecule has 5 heteroatoms. The first-order chi connectivity index (χ1) is 7.47. The topological polar surface area (TPSA) is 35.2 Å². The van der Waals surface area contributed by atoms with E-state index in [1.165, 1.54) is 13.2 Å². The lowest BCUT2D eigenvalue weighted by molar-refractivity contribution is -0.0912. The van der Waals surface area contributed by atoms with Crippen molar-refractivity contribution < 1.29 is 17.9 Å². The van der Waals surface area contributed by atoms with Crippen molar-refractivity contribution in [2.75, 3.05) is 13.7 Å². The standard InChI is InChI=1S/C11H12F3NO/c1-16-10-4-2-3-8(6-10)5-9(7-15)11(12,13)14/h2-6H,7,15H2,1H3/b9-5+. The van der Waals surface area contributed by atoms with E-state index < -0.39 is 18.3 Å². The molecule has 0 saturated carbocycles. The lowest BCUT2D eigenvalue weighted by Gasteiger charge is -2.09. The summed E-state index contributed by atoms with van der Waals surface area (Å²) in [4.78, 5) is 0. The molecule has 0 aromatic heterocycles. The quantitative estimate of drug-likeness (QED) is 0.867. The first-order valence-electron chi connectivity index (χ1n) is 4.59. The van der Waals surface area contributed by atoms with Crippen LogP contribution in [-0.4, -0.2) is 19.8 Å². The molecular weight excluding hydrogens is 219 g/mol. The Hall–Kier alpha value is -1.49. The van der Waals surface area contributed by atoms with Crippen LogP contribution in [0.25, 0.3) is 6.08 Å². The zero-order valence-corrected chi connectivity index (χ0v) is 8.71. The van der Waals surface area contributed by atoms with E-state index in [9.17, 15) is 13.2 Å². The highest BCUT2D eigenvalue weighted by Crippen LogP contribution is 2.27. The molecule has 0 aliphatic rings. The first kappa shape index (κ1) is 12.6. The monoisotopic (exact) mass is 231 g/mol. The molecule has 1 aromatic rings. The highest BCUT2D eigenvalue weighted by Gasteiger charge is 2.32. The molecule has 0 radical (unpaired) electrons. The molecule has 0 amide bonds. The number of nitrogens with two attached hydrogens (primary N) is 1. The summed E-state index contributed by atoms with van der Waals surface area (Å²) in [5, 5.41) is 0. The van der Waals surface area contributed by atoms with Gasteiger partial charge >= 0.3 is 6.18 Å². The van der Waals surface area contributed by atoms with Crippen molar-refractivity contribution in [2.24, 2.45) is 5.73 Å². The van der Waals surface area contributed by atoms with Gasteiger partial charge in [0.25, 0.3) is 0 Å². The molecule has 0 aliphatic heterocycles. The fraction of sp³-hybridized carbons (Fsp3) is 0.273. The summed E-state index contributed by atoms with van der Waals surface area (Å²) in [6.07, 6.45) is -3.37. The lowest BCUT2D eigenvalue weighted by atomic mass is 10.1. The van der Waals surface area contributed by atoms with E-state index in [4.69, 9.17) is 10.5 Å². The van der Waals surface area contributed by atoms with Gasteiger partial charge in [0.1, 0.15) is 5.75 Å². The number of alkyl halides is 3. The van der Waals surface area contributed by atoms with E-state index in [-0.39, 0.29) is 0 Å². The van der Waals surface area contributed by atoms with Gasteiger partial charge in [-0.2, -0.15) is 13.2 Å². The van der Waals surface area contributed by atoms with Gasteiger partial charge in [-0.25, -0.2) is 0 Å². The van der Waals surface area contributed by atoms with Gasteiger partial charge in [-0.1, -0.05) is 12.1 Å². The van der Waals surface area contributed by atoms with Crippen LogP contribution in [0.2, 0.25) is 0 Å². The number of hydrogen-bond acceptors (Lipinski definition) is 2. The molecule has 2 nitrogen and oxygen atoms in total. The zero-order chi connectivity index (χ0) is 12.2. The summed E-state index contributed by atoms with van der Waals surface area (Å²) in [6.45, 7) is -0.541. The van der Waals surface area contributed by atoms with Crippen molar-refractivity contribution in [1.82, 2.24) is 0 Å². The van der Waals surface area contributed by atoms with Crippen molar-refractivity contribution in [3.8, 4) is 5.75 Å². The zero-order valence-electron chi connectivity index (χ0n) is 8.71. The maximum Gasteiger partial charge on any atom is 0.413 e. The van der Waals surface area contributed by atoms with Gasteiger partial charge in [0, 0.05) is 12.1 Å². The maximum absolute atomic E-state index is 12.4. The summed E-state index contributed by atoms with van der Waals surface area (Å²) in [6, 6.07) is 6.35. The van der Waals surface area contributed by atoms with Gasteiger partial charge in [-0.3, -0.25) is 0 Å². The van der Waals surface area contributed by atoms with E-state index in [0.29, 0.717) is 11.3 Å². The van der Waals surface area contributed by atoms with Crippen LogP contribution in [0.5, 0.6) is 5.75 Å². The fourth-order valence-corrected chi connectivity index (χ4v) is 1.19. The Morgan fingerprint density at radius 3 is 2.62 bits per heavy atom. The van der Waals surface area contributed by atoms with Gasteiger partial charge in [0.05, 0.1) is 7.11 Å². The predicted molar refractivity (Wildman–Crippen MR) is 56.1 cm³/mol. The summed E-state index contributed by atoms with van der Waals surface area (Å²) < 4.78 is 42.1. The molecule has 16 heavy (non-hydrogen) atoms. The fourth-order valence-electron chi connectivity index (χ4n) is 1.19. The van der Waals surface area contributed by atoms with E-state index in [1.54, 1.807) is 18.2 Å². The van der Waals surface area contributed by atoms with Crippen molar-refractivity contribution in [3.05, 3.63) is 35.4 Å². The summed E-state index contributed by atoms with van der Waals surface area (Å²) in [5.41, 5.74) is 4.71. The van der Waals surface area contributed by atoms with Crippen LogP contribution < -0.4 is 10.5 Å². The summed E-state index contributed by atoms with van der Waals surface area (Å²) in [7, 11) is 1.45. The third kappa shape index (κ3) is 3.27. The van der Waals surface area contributed by atoms with Gasteiger partial charge in [0.2, 0.25) is 0 Å². The second-order valence-corrected chi connectivity index (χ2v) is 3.15. The van der Waals surface area contributed by atoms with Gasteiger partial charge < -0.3 is 10.5 Å². The largest absolute Gasteiger partial charge is 0.497 e. The molecule has 1 rings (SSSR count). The molecule has 0 heterocycles. The molecular formula is C11H12F3NO. The number of halogens is 3. The van der Waals surface area contributed by atoms with Crippen LogP contribution in [0.15, 0.2) is 29.8 Å². The van der Waals surface area contributed by atoms with E-state index >= 15 is 0 Å². The Kier molecular flexibility index (Phi) is 3.95. The second-order valence-electron chi connectivity index (χ2n) is 3.15. The number of hydrogen-bond donors (Lipinski definition) is 1. The molecule has 1 aromatic carbocycles. The van der Waals surface area contributed by atoms with Gasteiger partial charge in [0.15, 0.2) is 0 Å². The van der Waals surface area contributed by atoms with Crippen molar-refractivity contribution >= 4 is 6.08 Å². The summed E-state index contributed by atoms with van der Waals surface area (Å²) in [5.74, 6) is 0.507. The number of benzene rings is 1. The van der Waals surface area contributed by atoms with E-state index in [1.807, 2.05) is 0 Å². The van der Waals surface area contributed by atoms with Crippen molar-refractivity contribution in [1.29, 1.82) is 0 Å². The van der Waals surface area contributed by atoms with Gasteiger partial charge in [-0.05, 0) is 23.8 Å². The molecule has 0 fully saturated rings. The third-order valence-corrected chi connectivity index (χ3v) is 2.02. The minimum absolute atomic E-state index is 0.414. The van der Waals surface area contributed by atoms with E-state index in [2.05, 4.69) is 0 Å². The Morgan fingerprint density at radius 2 is 2.12 bits per heavy atom. The minimum Gasteiger partial charge on any atom is -0.497 e. The predicted octanol–water partition coefficient (Wildman–Crippen LogP) is 2.60. The maximum atomic E-state index is 12.4. The highest BCUT2D eigenvalue weighted by molar-refractivity contribution is 5.56. The van der Waals surface area contributed by atoms with Crippen LogP contribution >= 0.6 is 0 Å². The van der Waals surface area contributed by atoms with Crippen LogP contribution in [0, 0.1) is 0 Å². The highest BCUT2D eigenvalue weighted by atomic mass is 19.4. The molecule has 0 bridgehead atoms. The third-order valence-electron chi connectivity index (χ3n) is 2.02. The van der Waals surface area contributed by atoms with Crippen LogP contribution in [0.1, 0.15) is 5.56 Å². The Labute approximate surface area is 91.5 Å². The normalized spacial score (nSPS) is 12.7. The number of rotatable bonds is 3. The smallest absolute Gasteiger partial charge is 0.413 e. The summed E-state index contributed by atoms with van der Waals surface area (Å²) >= 11 is 0. The molecule has 0 atom stereocenters. The molecule has 88 valence electrons. The minimum atomic E-state index is -4.39. The van der Waals surface area contributed by atoms with E-state index in [0.717, 1.165) is 6.08 Å². The number of methoxy groups -OCH3 is 1. The van der Waals surface area contributed by atoms with Crippen LogP contribution in [0.4, 0.5) is 13.2 Å². The Balaban J connectivity index is 3.04. The molecule has 0 aliphatic carbocycles. The second kappa shape index (κ2) is 5.03. The average Bonchev–Trinajstić information content (AvgIpc) is 2.24. The first-order valence-corrected chi connectivity index (χ1v) is 4.59. The molecule has 0 saturated heterocycles. The van der Waals surface area contributed by atoms with Gasteiger partial charge in [-0.15, -0.1) is 0 Å². The number of ether oxygens (including phenoxy) is 1. The van der Waals surface area contributed by atoms with Crippen LogP contribution in [-0.2, 0) is 0 Å². The average molecular weight is 231 g/mol. The van der Waals surface area contributed by atoms with Crippen molar-refractivity contribution in [2.45, 2.75) is 6.18 Å². The molecule has 0 spiro atoms. The van der Waals surface area contributed by atoms with Crippen molar-refractivity contribution in [3.63, 3.8) is 0 Å². The molecule has 2 N–H and O–H groups in total. The molecule has 0 unspecified atom stereocenters. The lowest BCUT2D eigenvalue weighted by Crippen LogP contribution is -2.19. The SMILES string of the molecule is COc1cccc(/C=C(\CN)C(F)(F)F)c1. The Morgan fingerprint density at radius 1 is 1.44 bits per heavy atom. The Bertz CT molecular complexity index is 385. The van der Waals surface area contributed by atoms with Crippen LogP contribution in [0.3, 0.4) is 0 Å².